The predicted molar refractivity (Wildman–Crippen MR) is 74.4 cm³/mol. The third-order valence-electron chi connectivity index (χ3n) is 3.40. The largest absolute Gasteiger partial charge is 0.373 e. The first-order valence-corrected chi connectivity index (χ1v) is 6.42. The van der Waals surface area contributed by atoms with E-state index >= 15 is 0 Å². The van der Waals surface area contributed by atoms with Crippen molar-refractivity contribution in [3.63, 3.8) is 0 Å². The number of para-hydroxylation sites is 1. The molecule has 1 aliphatic carbocycles. The van der Waals surface area contributed by atoms with E-state index in [1.807, 2.05) is 13.0 Å². The Balaban J connectivity index is 2.03. The van der Waals surface area contributed by atoms with Crippen molar-refractivity contribution in [1.82, 2.24) is 4.98 Å². The summed E-state index contributed by atoms with van der Waals surface area (Å²) in [5.74, 6) is 0.337. The summed E-state index contributed by atoms with van der Waals surface area (Å²) in [7, 11) is 0. The standard InChI is InChI=1S/C16H17NO/c1-2-18-16(12-7-3-4-8-12)14-11-17-15-10-6-5-9-13(14)15/h3-12,16-17H,2H2,1H3. The van der Waals surface area contributed by atoms with Gasteiger partial charge in [-0.1, -0.05) is 42.5 Å². The first-order valence-electron chi connectivity index (χ1n) is 6.42. The van der Waals surface area contributed by atoms with Gasteiger partial charge in [0.15, 0.2) is 0 Å². The first kappa shape index (κ1) is 11.3. The fourth-order valence-electron chi connectivity index (χ4n) is 2.57. The Labute approximate surface area is 107 Å². The lowest BCUT2D eigenvalue weighted by Crippen LogP contribution is -2.11. The Hall–Kier alpha value is -1.80. The predicted octanol–water partition coefficient (Wildman–Crippen LogP) is 3.99. The molecule has 0 saturated heterocycles. The van der Waals surface area contributed by atoms with E-state index in [1.54, 1.807) is 0 Å². The van der Waals surface area contributed by atoms with Crippen molar-refractivity contribution in [3.05, 3.63) is 60.3 Å². The SMILES string of the molecule is CCOC(c1c[nH]c2ccccc12)C1C=CC=C1. The fourth-order valence-corrected chi connectivity index (χ4v) is 2.57. The number of rotatable bonds is 4. The number of fused-ring (bicyclic) bond motifs is 1. The normalized spacial score (nSPS) is 16.7. The van der Waals surface area contributed by atoms with Crippen LogP contribution in [0.1, 0.15) is 18.6 Å². The summed E-state index contributed by atoms with van der Waals surface area (Å²) in [5, 5.41) is 1.25. The Kier molecular flexibility index (Phi) is 3.03. The maximum atomic E-state index is 5.96. The number of ether oxygens (including phenoxy) is 1. The van der Waals surface area contributed by atoms with Crippen molar-refractivity contribution in [2.75, 3.05) is 6.61 Å². The number of allylic oxidation sites excluding steroid dienone is 2. The van der Waals surface area contributed by atoms with Gasteiger partial charge >= 0.3 is 0 Å². The molecule has 2 nitrogen and oxygen atoms in total. The van der Waals surface area contributed by atoms with Crippen LogP contribution in [0.2, 0.25) is 0 Å². The number of hydrogen-bond acceptors (Lipinski definition) is 1. The molecule has 0 amide bonds. The molecule has 3 rings (SSSR count). The zero-order chi connectivity index (χ0) is 12.4. The quantitative estimate of drug-likeness (QED) is 0.857. The van der Waals surface area contributed by atoms with Crippen LogP contribution < -0.4 is 0 Å². The molecule has 0 fully saturated rings. The van der Waals surface area contributed by atoms with Crippen molar-refractivity contribution in [2.24, 2.45) is 5.92 Å². The molecular weight excluding hydrogens is 222 g/mol. The first-order chi connectivity index (χ1) is 8.90. The zero-order valence-electron chi connectivity index (χ0n) is 10.5. The molecule has 18 heavy (non-hydrogen) atoms. The smallest absolute Gasteiger partial charge is 0.0942 e. The summed E-state index contributed by atoms with van der Waals surface area (Å²) in [6.07, 6.45) is 10.7. The number of hydrogen-bond donors (Lipinski definition) is 1. The number of H-pyrrole nitrogens is 1. The van der Waals surface area contributed by atoms with E-state index in [0.717, 1.165) is 6.61 Å². The number of nitrogens with one attached hydrogen (secondary N) is 1. The summed E-state index contributed by atoms with van der Waals surface area (Å²) in [6, 6.07) is 8.37. The summed E-state index contributed by atoms with van der Waals surface area (Å²) >= 11 is 0. The van der Waals surface area contributed by atoms with Gasteiger partial charge in [0.25, 0.3) is 0 Å². The van der Waals surface area contributed by atoms with Gasteiger partial charge in [0.05, 0.1) is 6.10 Å². The van der Waals surface area contributed by atoms with E-state index in [4.69, 9.17) is 4.74 Å². The molecule has 1 atom stereocenters. The number of aromatic nitrogens is 1. The second-order valence-electron chi connectivity index (χ2n) is 4.51. The fraction of sp³-hybridized carbons (Fsp3) is 0.250. The molecule has 0 bridgehead atoms. The van der Waals surface area contributed by atoms with Gasteiger partial charge in [-0.3, -0.25) is 0 Å². The topological polar surface area (TPSA) is 25.0 Å². The van der Waals surface area contributed by atoms with Crippen LogP contribution in [0.3, 0.4) is 0 Å². The Bertz CT molecular complexity index is 582. The highest BCUT2D eigenvalue weighted by Crippen LogP contribution is 2.34. The highest BCUT2D eigenvalue weighted by atomic mass is 16.5. The maximum absolute atomic E-state index is 5.96. The summed E-state index contributed by atoms with van der Waals surface area (Å²) in [4.78, 5) is 3.32. The van der Waals surface area contributed by atoms with Gasteiger partial charge in [0.2, 0.25) is 0 Å². The van der Waals surface area contributed by atoms with Gasteiger partial charge < -0.3 is 9.72 Å². The lowest BCUT2D eigenvalue weighted by Gasteiger charge is -2.20. The highest BCUT2D eigenvalue weighted by Gasteiger charge is 2.23. The Morgan fingerprint density at radius 2 is 2.00 bits per heavy atom. The maximum Gasteiger partial charge on any atom is 0.0942 e. The minimum Gasteiger partial charge on any atom is -0.373 e. The van der Waals surface area contributed by atoms with E-state index in [1.165, 1.54) is 16.5 Å². The highest BCUT2D eigenvalue weighted by molar-refractivity contribution is 5.83. The molecule has 92 valence electrons. The van der Waals surface area contributed by atoms with Gasteiger partial charge in [-0.15, -0.1) is 0 Å². The van der Waals surface area contributed by atoms with Gasteiger partial charge in [-0.05, 0) is 13.0 Å². The average molecular weight is 239 g/mol. The lowest BCUT2D eigenvalue weighted by molar-refractivity contribution is 0.0463. The van der Waals surface area contributed by atoms with Crippen LogP contribution in [0, 0.1) is 5.92 Å². The van der Waals surface area contributed by atoms with Gasteiger partial charge in [-0.25, -0.2) is 0 Å². The molecule has 1 aromatic carbocycles. The Morgan fingerprint density at radius 3 is 2.78 bits per heavy atom. The van der Waals surface area contributed by atoms with Crippen molar-refractivity contribution in [1.29, 1.82) is 0 Å². The van der Waals surface area contributed by atoms with Crippen LogP contribution in [-0.4, -0.2) is 11.6 Å². The molecule has 0 aliphatic heterocycles. The average Bonchev–Trinajstić information content (AvgIpc) is 3.06. The van der Waals surface area contributed by atoms with E-state index in [9.17, 15) is 0 Å². The Morgan fingerprint density at radius 1 is 1.22 bits per heavy atom. The van der Waals surface area contributed by atoms with Gasteiger partial charge in [0, 0.05) is 35.2 Å². The second-order valence-corrected chi connectivity index (χ2v) is 4.51. The summed E-state index contributed by atoms with van der Waals surface area (Å²) in [5.41, 5.74) is 2.41. The molecule has 1 aromatic heterocycles. The van der Waals surface area contributed by atoms with Crippen LogP contribution in [0.15, 0.2) is 54.8 Å². The molecule has 1 aliphatic rings. The molecule has 2 aromatic rings. The summed E-state index contributed by atoms with van der Waals surface area (Å²) < 4.78 is 5.96. The molecule has 1 unspecified atom stereocenters. The number of benzene rings is 1. The van der Waals surface area contributed by atoms with Gasteiger partial charge in [0.1, 0.15) is 0 Å². The minimum atomic E-state index is 0.0983. The van der Waals surface area contributed by atoms with Crippen LogP contribution >= 0.6 is 0 Å². The van der Waals surface area contributed by atoms with Gasteiger partial charge in [-0.2, -0.15) is 0 Å². The monoisotopic (exact) mass is 239 g/mol. The van der Waals surface area contributed by atoms with Crippen LogP contribution in [0.25, 0.3) is 10.9 Å². The molecule has 0 saturated carbocycles. The van der Waals surface area contributed by atoms with Crippen molar-refractivity contribution >= 4 is 10.9 Å². The van der Waals surface area contributed by atoms with Crippen LogP contribution in [0.4, 0.5) is 0 Å². The lowest BCUT2D eigenvalue weighted by atomic mass is 9.96. The molecule has 1 heterocycles. The van der Waals surface area contributed by atoms with Crippen LogP contribution in [0.5, 0.6) is 0 Å². The van der Waals surface area contributed by atoms with E-state index in [2.05, 4.69) is 53.7 Å². The second kappa shape index (κ2) is 4.83. The zero-order valence-corrected chi connectivity index (χ0v) is 10.5. The van der Waals surface area contributed by atoms with E-state index in [-0.39, 0.29) is 6.10 Å². The third-order valence-corrected chi connectivity index (χ3v) is 3.40. The van der Waals surface area contributed by atoms with Crippen molar-refractivity contribution in [3.8, 4) is 0 Å². The number of aromatic amines is 1. The van der Waals surface area contributed by atoms with Crippen molar-refractivity contribution < 1.29 is 4.74 Å². The van der Waals surface area contributed by atoms with Crippen LogP contribution in [-0.2, 0) is 4.74 Å². The van der Waals surface area contributed by atoms with E-state index < -0.39 is 0 Å². The van der Waals surface area contributed by atoms with E-state index in [0.29, 0.717) is 5.92 Å². The third kappa shape index (κ3) is 1.89. The summed E-state index contributed by atoms with van der Waals surface area (Å²) in [6.45, 7) is 2.77. The minimum absolute atomic E-state index is 0.0983. The molecular formula is C16H17NO. The molecule has 1 N–H and O–H groups in total. The molecule has 0 radical (unpaired) electrons. The van der Waals surface area contributed by atoms with Crippen molar-refractivity contribution in [2.45, 2.75) is 13.0 Å². The molecule has 2 heteroatoms. The molecule has 0 spiro atoms.